The highest BCUT2D eigenvalue weighted by molar-refractivity contribution is 6.31. The van der Waals surface area contributed by atoms with Crippen LogP contribution in [0.4, 0.5) is 14.7 Å². The van der Waals surface area contributed by atoms with Gasteiger partial charge in [-0.3, -0.25) is 9.36 Å². The Bertz CT molecular complexity index is 1140. The molecule has 1 aromatic carbocycles. The molecule has 30 heavy (non-hydrogen) atoms. The number of nitrogens with one attached hydrogen (secondary N) is 1. The SMILES string of the molecule is CCC(F)(F)CNc1ncc2c3ccc(Cl)cc3c(=O)n([C@H]3CC[C@H](O)CC3)c2n1. The van der Waals surface area contributed by atoms with Crippen LogP contribution in [0.25, 0.3) is 21.8 Å². The van der Waals surface area contributed by atoms with Crippen LogP contribution in [0.2, 0.25) is 5.02 Å². The monoisotopic (exact) mass is 436 g/mol. The Morgan fingerprint density at radius 3 is 2.67 bits per heavy atom. The summed E-state index contributed by atoms with van der Waals surface area (Å²) in [6.45, 7) is 0.827. The van der Waals surface area contributed by atoms with Crippen LogP contribution in [-0.2, 0) is 0 Å². The van der Waals surface area contributed by atoms with Gasteiger partial charge >= 0.3 is 0 Å². The predicted molar refractivity (Wildman–Crippen MR) is 114 cm³/mol. The van der Waals surface area contributed by atoms with Gasteiger partial charge in [-0.1, -0.05) is 24.6 Å². The molecule has 9 heteroatoms. The molecule has 0 bridgehead atoms. The Balaban J connectivity index is 1.88. The van der Waals surface area contributed by atoms with Crippen molar-refractivity contribution in [3.63, 3.8) is 0 Å². The molecule has 3 aromatic rings. The molecule has 1 fully saturated rings. The summed E-state index contributed by atoms with van der Waals surface area (Å²) in [5.41, 5.74) is 0.165. The van der Waals surface area contributed by atoms with Crippen molar-refractivity contribution < 1.29 is 13.9 Å². The molecule has 160 valence electrons. The molecule has 1 saturated carbocycles. The van der Waals surface area contributed by atoms with Crippen LogP contribution in [0.3, 0.4) is 0 Å². The second-order valence-corrected chi connectivity index (χ2v) is 8.26. The number of rotatable bonds is 5. The normalized spacial score (nSPS) is 20.0. The van der Waals surface area contributed by atoms with Crippen molar-refractivity contribution in [2.75, 3.05) is 11.9 Å². The van der Waals surface area contributed by atoms with Gasteiger partial charge in [-0.25, -0.2) is 13.8 Å². The van der Waals surface area contributed by atoms with Crippen molar-refractivity contribution >= 4 is 39.4 Å². The van der Waals surface area contributed by atoms with Gasteiger partial charge in [0.05, 0.1) is 12.6 Å². The van der Waals surface area contributed by atoms with Crippen molar-refractivity contribution in [3.05, 3.63) is 39.8 Å². The topological polar surface area (TPSA) is 80.0 Å². The van der Waals surface area contributed by atoms with E-state index in [2.05, 4.69) is 15.3 Å². The molecule has 0 unspecified atom stereocenters. The number of halogens is 3. The van der Waals surface area contributed by atoms with Crippen LogP contribution < -0.4 is 10.9 Å². The standard InChI is InChI=1S/C21H23ClF2N4O2/c1-2-21(23,24)11-26-20-25-10-17-15-8-3-12(22)9-16(15)19(30)28(18(17)27-20)13-4-6-14(29)7-5-13/h3,8-10,13-14,29H,2,4-7,11H2,1H3,(H,25,26,27)/t13-,14-. The van der Waals surface area contributed by atoms with Gasteiger partial charge in [0, 0.05) is 34.5 Å². The third kappa shape index (κ3) is 3.98. The Hall–Kier alpha value is -2.32. The molecule has 6 nitrogen and oxygen atoms in total. The summed E-state index contributed by atoms with van der Waals surface area (Å²) in [7, 11) is 0. The zero-order chi connectivity index (χ0) is 21.5. The van der Waals surface area contributed by atoms with Gasteiger partial charge < -0.3 is 10.4 Å². The lowest BCUT2D eigenvalue weighted by molar-refractivity contribution is 0.0114. The molecule has 0 atom stereocenters. The zero-order valence-corrected chi connectivity index (χ0v) is 17.3. The molecule has 0 saturated heterocycles. The van der Waals surface area contributed by atoms with Gasteiger partial charge in [-0.15, -0.1) is 0 Å². The molecule has 4 rings (SSSR count). The molecular weight excluding hydrogens is 414 g/mol. The van der Waals surface area contributed by atoms with Crippen molar-refractivity contribution in [2.45, 2.75) is 57.1 Å². The molecule has 2 N–H and O–H groups in total. The van der Waals surface area contributed by atoms with E-state index in [1.807, 2.05) is 0 Å². The third-order valence-electron chi connectivity index (χ3n) is 5.77. The Kier molecular flexibility index (Phi) is 5.63. The maximum absolute atomic E-state index is 13.7. The van der Waals surface area contributed by atoms with Crippen molar-refractivity contribution in [3.8, 4) is 0 Å². The first-order valence-corrected chi connectivity index (χ1v) is 10.5. The number of hydrogen-bond donors (Lipinski definition) is 2. The fourth-order valence-corrected chi connectivity index (χ4v) is 4.15. The highest BCUT2D eigenvalue weighted by Crippen LogP contribution is 2.32. The average Bonchev–Trinajstić information content (AvgIpc) is 2.74. The van der Waals surface area contributed by atoms with E-state index >= 15 is 0 Å². The van der Waals surface area contributed by atoms with Gasteiger partial charge in [0.25, 0.3) is 11.5 Å². The number of fused-ring (bicyclic) bond motifs is 3. The maximum Gasteiger partial charge on any atom is 0.264 e. The van der Waals surface area contributed by atoms with Crippen LogP contribution in [0.15, 0.2) is 29.2 Å². The summed E-state index contributed by atoms with van der Waals surface area (Å²) >= 11 is 6.13. The summed E-state index contributed by atoms with van der Waals surface area (Å²) in [6, 6.07) is 4.92. The third-order valence-corrected chi connectivity index (χ3v) is 6.01. The quantitative estimate of drug-likeness (QED) is 0.574. The van der Waals surface area contributed by atoms with Crippen LogP contribution >= 0.6 is 11.6 Å². The second kappa shape index (κ2) is 8.07. The Morgan fingerprint density at radius 1 is 1.23 bits per heavy atom. The number of aromatic nitrogens is 3. The molecule has 0 spiro atoms. The summed E-state index contributed by atoms with van der Waals surface area (Å²) in [5, 5.41) is 14.7. The Labute approximate surface area is 176 Å². The molecule has 2 aromatic heterocycles. The first-order chi connectivity index (χ1) is 14.3. The van der Waals surface area contributed by atoms with Crippen molar-refractivity contribution in [2.24, 2.45) is 0 Å². The minimum absolute atomic E-state index is 0.0490. The molecule has 0 amide bonds. The highest BCUT2D eigenvalue weighted by atomic mass is 35.5. The summed E-state index contributed by atoms with van der Waals surface area (Å²) in [5.74, 6) is -2.83. The zero-order valence-electron chi connectivity index (χ0n) is 16.5. The summed E-state index contributed by atoms with van der Waals surface area (Å²) in [4.78, 5) is 22.0. The molecule has 0 aliphatic heterocycles. The first-order valence-electron chi connectivity index (χ1n) is 10.1. The number of nitrogens with zero attached hydrogens (tertiary/aromatic N) is 3. The minimum atomic E-state index is -2.88. The smallest absolute Gasteiger partial charge is 0.264 e. The van der Waals surface area contributed by atoms with Gasteiger partial charge in [0.15, 0.2) is 0 Å². The molecule has 1 aliphatic carbocycles. The fraction of sp³-hybridized carbons (Fsp3) is 0.476. The first kappa shape index (κ1) is 20.9. The van der Waals surface area contributed by atoms with E-state index in [1.165, 1.54) is 6.92 Å². The lowest BCUT2D eigenvalue weighted by Gasteiger charge is -2.28. The van der Waals surface area contributed by atoms with E-state index in [1.54, 1.807) is 29.0 Å². The highest BCUT2D eigenvalue weighted by Gasteiger charge is 2.27. The second-order valence-electron chi connectivity index (χ2n) is 7.82. The minimum Gasteiger partial charge on any atom is -0.393 e. The number of alkyl halides is 2. The summed E-state index contributed by atoms with van der Waals surface area (Å²) < 4.78 is 28.9. The number of anilines is 1. The number of hydrogen-bond acceptors (Lipinski definition) is 5. The largest absolute Gasteiger partial charge is 0.393 e. The van der Waals surface area contributed by atoms with E-state index in [9.17, 15) is 18.7 Å². The average molecular weight is 437 g/mol. The number of aliphatic hydroxyl groups is 1. The van der Waals surface area contributed by atoms with Gasteiger partial charge in [0.1, 0.15) is 5.65 Å². The lowest BCUT2D eigenvalue weighted by Crippen LogP contribution is -2.31. The number of pyridine rings is 1. The Morgan fingerprint density at radius 2 is 1.97 bits per heavy atom. The molecule has 1 aliphatic rings. The molecule has 0 radical (unpaired) electrons. The van der Waals surface area contributed by atoms with E-state index < -0.39 is 12.5 Å². The molecule has 2 heterocycles. The van der Waals surface area contributed by atoms with Gasteiger partial charge in [-0.2, -0.15) is 4.98 Å². The van der Waals surface area contributed by atoms with E-state index in [4.69, 9.17) is 11.6 Å². The van der Waals surface area contributed by atoms with Crippen LogP contribution in [0, 0.1) is 0 Å². The fourth-order valence-electron chi connectivity index (χ4n) is 3.97. The van der Waals surface area contributed by atoms with E-state index in [-0.39, 0.29) is 30.1 Å². The number of aliphatic hydroxyl groups excluding tert-OH is 1. The number of benzene rings is 1. The van der Waals surface area contributed by atoms with Gasteiger partial charge in [0.2, 0.25) is 5.95 Å². The van der Waals surface area contributed by atoms with Crippen LogP contribution in [-0.4, -0.2) is 38.2 Å². The summed E-state index contributed by atoms with van der Waals surface area (Å²) in [6.07, 6.45) is 3.32. The van der Waals surface area contributed by atoms with Crippen molar-refractivity contribution in [1.29, 1.82) is 0 Å². The van der Waals surface area contributed by atoms with Crippen molar-refractivity contribution in [1.82, 2.24) is 14.5 Å². The predicted octanol–water partition coefficient (Wildman–Crippen LogP) is 4.53. The van der Waals surface area contributed by atoms with Crippen LogP contribution in [0.5, 0.6) is 0 Å². The van der Waals surface area contributed by atoms with E-state index in [0.29, 0.717) is 52.5 Å². The lowest BCUT2D eigenvalue weighted by atomic mass is 9.92. The van der Waals surface area contributed by atoms with Gasteiger partial charge in [-0.05, 0) is 43.2 Å². The van der Waals surface area contributed by atoms with E-state index in [0.717, 1.165) is 0 Å². The van der Waals surface area contributed by atoms with Crippen LogP contribution in [0.1, 0.15) is 45.1 Å². The maximum atomic E-state index is 13.7. The molecular formula is C21H23ClF2N4O2.